The number of imidazole rings is 1. The number of amides is 1. The molecule has 1 amide bonds. The third-order valence-corrected chi connectivity index (χ3v) is 5.96. The van der Waals surface area contributed by atoms with E-state index in [1.165, 1.54) is 50.5 Å². The van der Waals surface area contributed by atoms with Crippen molar-refractivity contribution in [2.75, 3.05) is 6.54 Å². The topological polar surface area (TPSA) is 46.9 Å². The standard InChI is InChI=1S/C26H34ClN3O/c1-2-3-4-5-6-7-8-11-20-30-24-13-10-9-12-23(24)29-25(30)18-19-28-26(31)21-14-16-22(27)17-15-21/h9-10,12-17H,2-8,11,18-20H2,1H3,(H,28,31). The van der Waals surface area contributed by atoms with E-state index in [1.807, 2.05) is 6.07 Å². The van der Waals surface area contributed by atoms with Gasteiger partial charge in [0.2, 0.25) is 0 Å². The van der Waals surface area contributed by atoms with Crippen LogP contribution in [0.4, 0.5) is 0 Å². The SMILES string of the molecule is CCCCCCCCCCn1c(CCNC(=O)c2ccc(Cl)cc2)nc2ccccc21. The molecule has 3 rings (SSSR count). The first-order valence-corrected chi connectivity index (χ1v) is 12.0. The molecule has 0 radical (unpaired) electrons. The Bertz CT molecular complexity index is 949. The van der Waals surface area contributed by atoms with Crippen LogP contribution in [-0.2, 0) is 13.0 Å². The maximum absolute atomic E-state index is 12.4. The first kappa shape index (κ1) is 23.3. The molecule has 0 unspecified atom stereocenters. The smallest absolute Gasteiger partial charge is 0.251 e. The molecule has 0 saturated heterocycles. The zero-order chi connectivity index (χ0) is 21.9. The molecule has 5 heteroatoms. The molecule has 0 aliphatic carbocycles. The maximum Gasteiger partial charge on any atom is 0.251 e. The van der Waals surface area contributed by atoms with Crippen molar-refractivity contribution in [2.24, 2.45) is 0 Å². The van der Waals surface area contributed by atoms with Crippen molar-refractivity contribution >= 4 is 28.5 Å². The predicted molar refractivity (Wildman–Crippen MR) is 130 cm³/mol. The van der Waals surface area contributed by atoms with Crippen molar-refractivity contribution in [2.45, 2.75) is 71.3 Å². The summed E-state index contributed by atoms with van der Waals surface area (Å²) in [6.07, 6.45) is 11.2. The van der Waals surface area contributed by atoms with Gasteiger partial charge in [0.15, 0.2) is 0 Å². The van der Waals surface area contributed by atoms with Crippen LogP contribution in [0.15, 0.2) is 48.5 Å². The van der Waals surface area contributed by atoms with E-state index < -0.39 is 0 Å². The highest BCUT2D eigenvalue weighted by molar-refractivity contribution is 6.30. The number of carbonyl (C=O) groups excluding carboxylic acids is 1. The van der Waals surface area contributed by atoms with E-state index in [-0.39, 0.29) is 5.91 Å². The zero-order valence-electron chi connectivity index (χ0n) is 18.6. The number of unbranched alkanes of at least 4 members (excludes halogenated alkanes) is 7. The summed E-state index contributed by atoms with van der Waals surface area (Å²) in [5.74, 6) is 0.961. The second-order valence-corrected chi connectivity index (χ2v) is 8.59. The van der Waals surface area contributed by atoms with E-state index in [0.717, 1.165) is 24.3 Å². The molecule has 1 aromatic heterocycles. The Morgan fingerprint density at radius 2 is 1.61 bits per heavy atom. The molecule has 1 heterocycles. The van der Waals surface area contributed by atoms with E-state index >= 15 is 0 Å². The number of nitrogens with zero attached hydrogens (tertiary/aromatic N) is 2. The lowest BCUT2D eigenvalue weighted by molar-refractivity contribution is 0.0954. The summed E-state index contributed by atoms with van der Waals surface area (Å²) >= 11 is 5.90. The van der Waals surface area contributed by atoms with Gasteiger partial charge in [-0.15, -0.1) is 0 Å². The highest BCUT2D eigenvalue weighted by atomic mass is 35.5. The van der Waals surface area contributed by atoms with Gasteiger partial charge in [0.1, 0.15) is 5.82 Å². The van der Waals surface area contributed by atoms with Gasteiger partial charge < -0.3 is 9.88 Å². The monoisotopic (exact) mass is 439 g/mol. The van der Waals surface area contributed by atoms with Crippen molar-refractivity contribution in [3.8, 4) is 0 Å². The fourth-order valence-corrected chi connectivity index (χ4v) is 4.09. The van der Waals surface area contributed by atoms with Crippen LogP contribution in [0.25, 0.3) is 11.0 Å². The van der Waals surface area contributed by atoms with Gasteiger partial charge in [0.05, 0.1) is 11.0 Å². The van der Waals surface area contributed by atoms with Crippen molar-refractivity contribution in [1.29, 1.82) is 0 Å². The lowest BCUT2D eigenvalue weighted by atomic mass is 10.1. The lowest BCUT2D eigenvalue weighted by Crippen LogP contribution is -2.26. The Balaban J connectivity index is 1.52. The summed E-state index contributed by atoms with van der Waals surface area (Å²) in [4.78, 5) is 17.2. The summed E-state index contributed by atoms with van der Waals surface area (Å²) < 4.78 is 2.33. The van der Waals surface area contributed by atoms with Crippen molar-refractivity contribution in [3.05, 3.63) is 64.9 Å². The maximum atomic E-state index is 12.4. The van der Waals surface area contributed by atoms with Crippen LogP contribution in [0, 0.1) is 0 Å². The number of hydrogen-bond acceptors (Lipinski definition) is 2. The van der Waals surface area contributed by atoms with Crippen LogP contribution in [0.5, 0.6) is 0 Å². The zero-order valence-corrected chi connectivity index (χ0v) is 19.3. The summed E-state index contributed by atoms with van der Waals surface area (Å²) in [6.45, 7) is 3.80. The van der Waals surface area contributed by atoms with E-state index in [1.54, 1.807) is 24.3 Å². The number of nitrogens with one attached hydrogen (secondary N) is 1. The Morgan fingerprint density at radius 3 is 2.35 bits per heavy atom. The summed E-state index contributed by atoms with van der Waals surface area (Å²) in [5, 5.41) is 3.63. The van der Waals surface area contributed by atoms with Crippen LogP contribution >= 0.6 is 11.6 Å². The lowest BCUT2D eigenvalue weighted by Gasteiger charge is -2.10. The molecule has 0 spiro atoms. The Labute approximate surface area is 191 Å². The number of fused-ring (bicyclic) bond motifs is 1. The molecule has 4 nitrogen and oxygen atoms in total. The van der Waals surface area contributed by atoms with Gasteiger partial charge in [-0.25, -0.2) is 4.98 Å². The van der Waals surface area contributed by atoms with Gasteiger partial charge in [-0.1, -0.05) is 75.6 Å². The summed E-state index contributed by atoms with van der Waals surface area (Å²) in [5.41, 5.74) is 2.84. The number of halogens is 1. The molecule has 31 heavy (non-hydrogen) atoms. The third kappa shape index (κ3) is 7.10. The number of rotatable bonds is 13. The van der Waals surface area contributed by atoms with E-state index in [0.29, 0.717) is 23.6 Å². The quantitative estimate of drug-likeness (QED) is 0.297. The molecule has 0 bridgehead atoms. The molecule has 0 atom stereocenters. The number of carbonyl (C=O) groups is 1. The molecule has 1 N–H and O–H groups in total. The average molecular weight is 440 g/mol. The van der Waals surface area contributed by atoms with Crippen molar-refractivity contribution < 1.29 is 4.79 Å². The first-order valence-electron chi connectivity index (χ1n) is 11.7. The highest BCUT2D eigenvalue weighted by Crippen LogP contribution is 2.18. The van der Waals surface area contributed by atoms with E-state index in [4.69, 9.17) is 16.6 Å². The third-order valence-electron chi connectivity index (χ3n) is 5.71. The minimum Gasteiger partial charge on any atom is -0.352 e. The number of hydrogen-bond donors (Lipinski definition) is 1. The number of para-hydroxylation sites is 2. The molecule has 0 aliphatic heterocycles. The second-order valence-electron chi connectivity index (χ2n) is 8.16. The van der Waals surface area contributed by atoms with Crippen LogP contribution in [0.3, 0.4) is 0 Å². The Morgan fingerprint density at radius 1 is 0.935 bits per heavy atom. The first-order chi connectivity index (χ1) is 15.2. The Kier molecular flexibility index (Phi) is 9.41. The van der Waals surface area contributed by atoms with Gasteiger partial charge in [-0.05, 0) is 42.8 Å². The number of aryl methyl sites for hydroxylation is 1. The largest absolute Gasteiger partial charge is 0.352 e. The molecule has 166 valence electrons. The van der Waals surface area contributed by atoms with Gasteiger partial charge in [-0.2, -0.15) is 0 Å². The molecule has 2 aromatic carbocycles. The highest BCUT2D eigenvalue weighted by Gasteiger charge is 2.11. The van der Waals surface area contributed by atoms with Gasteiger partial charge in [-0.3, -0.25) is 4.79 Å². The minimum absolute atomic E-state index is 0.0811. The van der Waals surface area contributed by atoms with Gasteiger partial charge in [0.25, 0.3) is 5.91 Å². The predicted octanol–water partition coefficient (Wildman–Crippen LogP) is 6.80. The van der Waals surface area contributed by atoms with Crippen molar-refractivity contribution in [1.82, 2.24) is 14.9 Å². The van der Waals surface area contributed by atoms with Gasteiger partial charge in [0, 0.05) is 30.1 Å². The van der Waals surface area contributed by atoms with Crippen LogP contribution in [-0.4, -0.2) is 22.0 Å². The molecular weight excluding hydrogens is 406 g/mol. The summed E-state index contributed by atoms with van der Waals surface area (Å²) in [6, 6.07) is 15.3. The van der Waals surface area contributed by atoms with E-state index in [9.17, 15) is 4.79 Å². The molecule has 0 aliphatic rings. The van der Waals surface area contributed by atoms with Crippen LogP contribution in [0.1, 0.15) is 74.5 Å². The van der Waals surface area contributed by atoms with Crippen LogP contribution < -0.4 is 5.32 Å². The normalized spacial score (nSPS) is 11.2. The molecule has 0 fully saturated rings. The second kappa shape index (κ2) is 12.5. The van der Waals surface area contributed by atoms with E-state index in [2.05, 4.69) is 35.0 Å². The average Bonchev–Trinajstić information content (AvgIpc) is 3.13. The molecule has 3 aromatic rings. The Hall–Kier alpha value is -2.33. The van der Waals surface area contributed by atoms with Gasteiger partial charge >= 0.3 is 0 Å². The summed E-state index contributed by atoms with van der Waals surface area (Å²) in [7, 11) is 0. The number of aromatic nitrogens is 2. The fraction of sp³-hybridized carbons (Fsp3) is 0.462. The molecular formula is C26H34ClN3O. The van der Waals surface area contributed by atoms with Crippen LogP contribution in [0.2, 0.25) is 5.02 Å². The number of benzene rings is 2. The fourth-order valence-electron chi connectivity index (χ4n) is 3.96. The minimum atomic E-state index is -0.0811. The van der Waals surface area contributed by atoms with Crippen molar-refractivity contribution in [3.63, 3.8) is 0 Å². The molecule has 0 saturated carbocycles.